The normalized spacial score (nSPS) is 17.7. The van der Waals surface area contributed by atoms with E-state index in [4.69, 9.17) is 5.73 Å². The zero-order valence-corrected chi connectivity index (χ0v) is 11.6. The number of anilines is 1. The third-order valence-electron chi connectivity index (χ3n) is 3.47. The Morgan fingerprint density at radius 2 is 2.17 bits per heavy atom. The Labute approximate surface area is 113 Å². The number of amides is 1. The molecule has 0 heterocycles. The smallest absolute Gasteiger partial charge is 0.226 e. The van der Waals surface area contributed by atoms with Gasteiger partial charge in [-0.05, 0) is 37.3 Å². The van der Waals surface area contributed by atoms with Crippen LogP contribution in [-0.4, -0.2) is 17.7 Å². The van der Waals surface area contributed by atoms with E-state index in [1.807, 2.05) is 30.5 Å². The van der Waals surface area contributed by atoms with Crippen molar-refractivity contribution < 1.29 is 4.79 Å². The summed E-state index contributed by atoms with van der Waals surface area (Å²) in [5.74, 6) is 0.0256. The first-order valence-corrected chi connectivity index (χ1v) is 7.57. The standard InChI is InChI=1S/C14H20N2OS/c1-18-12-6-4-5-11(9-12)16-13(17)10-14(15)7-2-3-8-14/h4-6,9H,2-3,7-8,10,15H2,1H3,(H,16,17). The third kappa shape index (κ3) is 3.50. The second-order valence-electron chi connectivity index (χ2n) is 5.03. The lowest BCUT2D eigenvalue weighted by Gasteiger charge is -2.22. The molecule has 0 aromatic heterocycles. The van der Waals surface area contributed by atoms with E-state index in [0.717, 1.165) is 36.3 Å². The summed E-state index contributed by atoms with van der Waals surface area (Å²) in [5.41, 5.74) is 6.78. The number of hydrogen-bond donors (Lipinski definition) is 2. The summed E-state index contributed by atoms with van der Waals surface area (Å²) in [6, 6.07) is 7.88. The lowest BCUT2D eigenvalue weighted by atomic mass is 9.94. The summed E-state index contributed by atoms with van der Waals surface area (Å²) in [5, 5.41) is 2.94. The van der Waals surface area contributed by atoms with Crippen LogP contribution >= 0.6 is 11.8 Å². The van der Waals surface area contributed by atoms with Gasteiger partial charge in [0, 0.05) is 22.5 Å². The maximum Gasteiger partial charge on any atom is 0.226 e. The molecule has 0 aliphatic heterocycles. The second kappa shape index (κ2) is 5.76. The monoisotopic (exact) mass is 264 g/mol. The largest absolute Gasteiger partial charge is 0.326 e. The molecule has 1 amide bonds. The summed E-state index contributed by atoms with van der Waals surface area (Å²) in [7, 11) is 0. The molecule has 0 bridgehead atoms. The molecule has 1 aliphatic carbocycles. The number of hydrogen-bond acceptors (Lipinski definition) is 3. The fraction of sp³-hybridized carbons (Fsp3) is 0.500. The third-order valence-corrected chi connectivity index (χ3v) is 4.19. The van der Waals surface area contributed by atoms with Crippen molar-refractivity contribution in [2.75, 3.05) is 11.6 Å². The minimum atomic E-state index is -0.277. The van der Waals surface area contributed by atoms with Crippen LogP contribution < -0.4 is 11.1 Å². The number of nitrogens with two attached hydrogens (primary N) is 1. The average molecular weight is 264 g/mol. The van der Waals surface area contributed by atoms with Crippen molar-refractivity contribution in [2.24, 2.45) is 5.73 Å². The van der Waals surface area contributed by atoms with E-state index in [9.17, 15) is 4.79 Å². The number of carbonyl (C=O) groups excluding carboxylic acids is 1. The van der Waals surface area contributed by atoms with Gasteiger partial charge in [0.25, 0.3) is 0 Å². The predicted molar refractivity (Wildman–Crippen MR) is 76.9 cm³/mol. The van der Waals surface area contributed by atoms with Crippen molar-refractivity contribution in [2.45, 2.75) is 42.5 Å². The molecule has 0 spiro atoms. The molecular weight excluding hydrogens is 244 g/mol. The SMILES string of the molecule is CSc1cccc(NC(=O)CC2(N)CCCC2)c1. The van der Waals surface area contributed by atoms with Gasteiger partial charge in [-0.3, -0.25) is 4.79 Å². The van der Waals surface area contributed by atoms with E-state index in [2.05, 4.69) is 5.32 Å². The number of rotatable bonds is 4. The topological polar surface area (TPSA) is 55.1 Å². The minimum Gasteiger partial charge on any atom is -0.326 e. The van der Waals surface area contributed by atoms with Gasteiger partial charge in [0.05, 0.1) is 0 Å². The molecule has 1 fully saturated rings. The molecule has 1 aliphatic rings. The van der Waals surface area contributed by atoms with Crippen LogP contribution in [0.1, 0.15) is 32.1 Å². The molecule has 1 aromatic carbocycles. The minimum absolute atomic E-state index is 0.0256. The van der Waals surface area contributed by atoms with Gasteiger partial charge in [0.15, 0.2) is 0 Å². The lowest BCUT2D eigenvalue weighted by molar-refractivity contribution is -0.117. The zero-order valence-electron chi connectivity index (χ0n) is 10.7. The van der Waals surface area contributed by atoms with E-state index in [1.165, 1.54) is 0 Å². The highest BCUT2D eigenvalue weighted by Crippen LogP contribution is 2.30. The molecule has 3 N–H and O–H groups in total. The van der Waals surface area contributed by atoms with Gasteiger partial charge in [0.1, 0.15) is 0 Å². The Balaban J connectivity index is 1.94. The highest BCUT2D eigenvalue weighted by Gasteiger charge is 2.31. The first-order chi connectivity index (χ1) is 8.61. The van der Waals surface area contributed by atoms with Crippen molar-refractivity contribution in [1.29, 1.82) is 0 Å². The predicted octanol–water partition coefficient (Wildman–Crippen LogP) is 3.01. The fourth-order valence-corrected chi connectivity index (χ4v) is 2.94. The van der Waals surface area contributed by atoms with Crippen molar-refractivity contribution in [1.82, 2.24) is 0 Å². The molecular formula is C14H20N2OS. The van der Waals surface area contributed by atoms with Crippen molar-refractivity contribution >= 4 is 23.4 Å². The van der Waals surface area contributed by atoms with E-state index < -0.39 is 0 Å². The van der Waals surface area contributed by atoms with Gasteiger partial charge in [-0.1, -0.05) is 18.9 Å². The molecule has 1 aromatic rings. The van der Waals surface area contributed by atoms with Crippen molar-refractivity contribution in [3.63, 3.8) is 0 Å². The maximum atomic E-state index is 12.0. The molecule has 1 saturated carbocycles. The van der Waals surface area contributed by atoms with Crippen LogP contribution in [0.2, 0.25) is 0 Å². The van der Waals surface area contributed by atoms with Crippen molar-refractivity contribution in [3.05, 3.63) is 24.3 Å². The molecule has 0 atom stereocenters. The van der Waals surface area contributed by atoms with Crippen LogP contribution in [-0.2, 0) is 4.79 Å². The molecule has 18 heavy (non-hydrogen) atoms. The molecule has 0 unspecified atom stereocenters. The van der Waals surface area contributed by atoms with Gasteiger partial charge < -0.3 is 11.1 Å². The van der Waals surface area contributed by atoms with Crippen LogP contribution in [0.25, 0.3) is 0 Å². The molecule has 0 saturated heterocycles. The van der Waals surface area contributed by atoms with Crippen LogP contribution in [0.15, 0.2) is 29.2 Å². The van der Waals surface area contributed by atoms with Gasteiger partial charge in [-0.2, -0.15) is 0 Å². The second-order valence-corrected chi connectivity index (χ2v) is 5.91. The van der Waals surface area contributed by atoms with Crippen molar-refractivity contribution in [3.8, 4) is 0 Å². The molecule has 98 valence electrons. The summed E-state index contributed by atoms with van der Waals surface area (Å²) < 4.78 is 0. The lowest BCUT2D eigenvalue weighted by Crippen LogP contribution is -2.40. The number of thioether (sulfide) groups is 1. The highest BCUT2D eigenvalue weighted by atomic mass is 32.2. The van der Waals surface area contributed by atoms with Gasteiger partial charge in [-0.25, -0.2) is 0 Å². The quantitative estimate of drug-likeness (QED) is 0.822. The van der Waals surface area contributed by atoms with E-state index in [1.54, 1.807) is 11.8 Å². The van der Waals surface area contributed by atoms with E-state index in [-0.39, 0.29) is 11.4 Å². The first-order valence-electron chi connectivity index (χ1n) is 6.34. The zero-order chi connectivity index (χ0) is 13.0. The number of benzene rings is 1. The van der Waals surface area contributed by atoms with Crippen LogP contribution in [0.5, 0.6) is 0 Å². The Hall–Kier alpha value is -1.00. The Bertz CT molecular complexity index is 428. The Kier molecular flexibility index (Phi) is 4.30. The summed E-state index contributed by atoms with van der Waals surface area (Å²) in [6.45, 7) is 0. The summed E-state index contributed by atoms with van der Waals surface area (Å²) >= 11 is 1.67. The van der Waals surface area contributed by atoms with E-state index in [0.29, 0.717) is 6.42 Å². The van der Waals surface area contributed by atoms with Crippen LogP contribution in [0.3, 0.4) is 0 Å². The molecule has 0 radical (unpaired) electrons. The molecule has 2 rings (SSSR count). The fourth-order valence-electron chi connectivity index (χ4n) is 2.48. The van der Waals surface area contributed by atoms with Gasteiger partial charge in [0.2, 0.25) is 5.91 Å². The summed E-state index contributed by atoms with van der Waals surface area (Å²) in [6.07, 6.45) is 6.67. The van der Waals surface area contributed by atoms with Gasteiger partial charge in [-0.15, -0.1) is 11.8 Å². The maximum absolute atomic E-state index is 12.0. The number of carbonyl (C=O) groups is 1. The summed E-state index contributed by atoms with van der Waals surface area (Å²) in [4.78, 5) is 13.1. The average Bonchev–Trinajstić information content (AvgIpc) is 2.75. The van der Waals surface area contributed by atoms with Gasteiger partial charge >= 0.3 is 0 Å². The first kappa shape index (κ1) is 13.4. The number of nitrogens with one attached hydrogen (secondary N) is 1. The van der Waals surface area contributed by atoms with Crippen LogP contribution in [0, 0.1) is 0 Å². The molecule has 3 nitrogen and oxygen atoms in total. The highest BCUT2D eigenvalue weighted by molar-refractivity contribution is 7.98. The van der Waals surface area contributed by atoms with E-state index >= 15 is 0 Å². The molecule has 4 heteroatoms. The Morgan fingerprint density at radius 1 is 1.44 bits per heavy atom. The van der Waals surface area contributed by atoms with Crippen LogP contribution in [0.4, 0.5) is 5.69 Å². The Morgan fingerprint density at radius 3 is 2.83 bits per heavy atom.